The number of aliphatic carboxylic acids is 1. The van der Waals surface area contributed by atoms with Crippen molar-refractivity contribution in [3.63, 3.8) is 0 Å². The molecule has 0 aromatic heterocycles. The summed E-state index contributed by atoms with van der Waals surface area (Å²) >= 11 is 6.08. The summed E-state index contributed by atoms with van der Waals surface area (Å²) in [6.45, 7) is 1.96. The number of carboxylic acids is 1. The summed E-state index contributed by atoms with van der Waals surface area (Å²) in [5, 5.41) is 9.24. The average molecular weight is 258 g/mol. The fraction of sp³-hybridized carbons (Fsp3) is 0.364. The van der Waals surface area contributed by atoms with E-state index < -0.39 is 12.0 Å². The van der Waals surface area contributed by atoms with E-state index in [9.17, 15) is 4.79 Å². The molecule has 0 fully saturated rings. The van der Waals surface area contributed by atoms with Gasteiger partial charge in [-0.3, -0.25) is 4.79 Å². The van der Waals surface area contributed by atoms with E-state index in [4.69, 9.17) is 31.9 Å². The van der Waals surface area contributed by atoms with Crippen LogP contribution in [-0.2, 0) is 11.2 Å². The molecular formula is C11H12ClNO4. The van der Waals surface area contributed by atoms with Gasteiger partial charge < -0.3 is 20.3 Å². The van der Waals surface area contributed by atoms with Gasteiger partial charge in [0.15, 0.2) is 11.5 Å². The van der Waals surface area contributed by atoms with Gasteiger partial charge in [-0.15, -0.1) is 0 Å². The number of ether oxygens (including phenoxy) is 2. The maximum Gasteiger partial charge on any atom is 0.320 e. The number of benzene rings is 1. The number of carbonyl (C=O) groups is 1. The molecule has 0 bridgehead atoms. The lowest BCUT2D eigenvalue weighted by atomic mass is 10.00. The summed E-state index contributed by atoms with van der Waals surface area (Å²) in [6, 6.07) is 0.646. The number of hydrogen-bond acceptors (Lipinski definition) is 4. The molecule has 0 saturated carbocycles. The molecule has 0 aliphatic carbocycles. The minimum atomic E-state index is -1.06. The maximum atomic E-state index is 10.7. The molecule has 2 rings (SSSR count). The van der Waals surface area contributed by atoms with Crippen LogP contribution in [0.4, 0.5) is 0 Å². The zero-order valence-corrected chi connectivity index (χ0v) is 9.95. The Hall–Kier alpha value is -1.46. The van der Waals surface area contributed by atoms with E-state index in [-0.39, 0.29) is 13.2 Å². The van der Waals surface area contributed by atoms with E-state index in [0.29, 0.717) is 22.1 Å². The minimum absolute atomic E-state index is 0.154. The Kier molecular flexibility index (Phi) is 3.13. The van der Waals surface area contributed by atoms with Gasteiger partial charge in [0.25, 0.3) is 0 Å². The lowest BCUT2D eigenvalue weighted by molar-refractivity contribution is -0.138. The molecule has 3 N–H and O–H groups in total. The molecule has 17 heavy (non-hydrogen) atoms. The Morgan fingerprint density at radius 1 is 1.65 bits per heavy atom. The second-order valence-corrected chi connectivity index (χ2v) is 4.25. The number of hydrogen-bond donors (Lipinski definition) is 2. The third-order valence-corrected chi connectivity index (χ3v) is 3.06. The van der Waals surface area contributed by atoms with Crippen molar-refractivity contribution in [3.05, 3.63) is 22.2 Å². The first-order chi connectivity index (χ1) is 8.00. The van der Waals surface area contributed by atoms with Crippen molar-refractivity contribution in [3.8, 4) is 11.5 Å². The molecule has 1 heterocycles. The predicted octanol–water partition coefficient (Wildman–Crippen LogP) is 1.33. The summed E-state index contributed by atoms with van der Waals surface area (Å²) < 4.78 is 10.5. The number of fused-ring (bicyclic) bond motifs is 1. The molecule has 0 spiro atoms. The highest BCUT2D eigenvalue weighted by atomic mass is 35.5. The molecule has 0 saturated heterocycles. The zero-order valence-electron chi connectivity index (χ0n) is 9.20. The molecule has 0 radical (unpaired) electrons. The summed E-state index contributed by atoms with van der Waals surface area (Å²) in [5.74, 6) is 0.139. The first-order valence-electron chi connectivity index (χ1n) is 5.06. The SMILES string of the molecule is Cc1c(CC(N)C(=O)O)c(Cl)cc2c1OCO2. The smallest absolute Gasteiger partial charge is 0.320 e. The summed E-state index contributed by atoms with van der Waals surface area (Å²) in [7, 11) is 0. The zero-order chi connectivity index (χ0) is 12.6. The molecule has 5 nitrogen and oxygen atoms in total. The Morgan fingerprint density at radius 2 is 2.35 bits per heavy atom. The van der Waals surface area contributed by atoms with Gasteiger partial charge in [-0.25, -0.2) is 0 Å². The van der Waals surface area contributed by atoms with E-state index in [1.807, 2.05) is 6.92 Å². The van der Waals surface area contributed by atoms with Gasteiger partial charge in [-0.1, -0.05) is 11.6 Å². The van der Waals surface area contributed by atoms with Crippen molar-refractivity contribution in [1.29, 1.82) is 0 Å². The Bertz CT molecular complexity index is 475. The normalized spacial score (nSPS) is 14.8. The second-order valence-electron chi connectivity index (χ2n) is 3.84. The van der Waals surface area contributed by atoms with Crippen LogP contribution in [0.2, 0.25) is 5.02 Å². The van der Waals surface area contributed by atoms with Crippen molar-refractivity contribution in [1.82, 2.24) is 0 Å². The number of halogens is 1. The third-order valence-electron chi connectivity index (χ3n) is 2.72. The standard InChI is InChI=1S/C11H12ClNO4/c1-5-6(2-8(13)11(14)15)7(12)3-9-10(5)17-4-16-9/h3,8H,2,4,13H2,1H3,(H,14,15). The molecule has 1 aromatic carbocycles. The first kappa shape index (κ1) is 12.0. The van der Waals surface area contributed by atoms with E-state index >= 15 is 0 Å². The molecular weight excluding hydrogens is 246 g/mol. The van der Waals surface area contributed by atoms with Crippen LogP contribution in [-0.4, -0.2) is 23.9 Å². The summed E-state index contributed by atoms with van der Waals surface area (Å²) in [4.78, 5) is 10.7. The third kappa shape index (κ3) is 2.16. The summed E-state index contributed by atoms with van der Waals surface area (Å²) in [6.07, 6.45) is 0.163. The van der Waals surface area contributed by atoms with Gasteiger partial charge >= 0.3 is 5.97 Å². The molecule has 1 atom stereocenters. The van der Waals surface area contributed by atoms with Crippen molar-refractivity contribution < 1.29 is 19.4 Å². The van der Waals surface area contributed by atoms with E-state index in [0.717, 1.165) is 5.56 Å². The molecule has 6 heteroatoms. The largest absolute Gasteiger partial charge is 0.480 e. The Balaban J connectivity index is 2.38. The second kappa shape index (κ2) is 4.43. The van der Waals surface area contributed by atoms with Crippen LogP contribution in [0, 0.1) is 6.92 Å². The van der Waals surface area contributed by atoms with E-state index in [2.05, 4.69) is 0 Å². The van der Waals surface area contributed by atoms with Crippen LogP contribution in [0.25, 0.3) is 0 Å². The number of rotatable bonds is 3. The summed E-state index contributed by atoms with van der Waals surface area (Å²) in [5.41, 5.74) is 6.97. The topological polar surface area (TPSA) is 81.8 Å². The highest BCUT2D eigenvalue weighted by Gasteiger charge is 2.23. The molecule has 1 aliphatic rings. The van der Waals surface area contributed by atoms with Crippen molar-refractivity contribution in [2.75, 3.05) is 6.79 Å². The van der Waals surface area contributed by atoms with Gasteiger partial charge in [-0.2, -0.15) is 0 Å². The molecule has 1 aliphatic heterocycles. The van der Waals surface area contributed by atoms with E-state index in [1.165, 1.54) is 0 Å². The number of nitrogens with two attached hydrogens (primary N) is 1. The lowest BCUT2D eigenvalue weighted by Crippen LogP contribution is -2.32. The van der Waals surface area contributed by atoms with E-state index in [1.54, 1.807) is 6.07 Å². The van der Waals surface area contributed by atoms with Crippen LogP contribution in [0.5, 0.6) is 11.5 Å². The first-order valence-corrected chi connectivity index (χ1v) is 5.44. The van der Waals surface area contributed by atoms with Gasteiger partial charge in [0.2, 0.25) is 6.79 Å². The monoisotopic (exact) mass is 257 g/mol. The van der Waals surface area contributed by atoms with Crippen molar-refractivity contribution >= 4 is 17.6 Å². The molecule has 0 amide bonds. The average Bonchev–Trinajstić information content (AvgIpc) is 2.71. The van der Waals surface area contributed by atoms with Gasteiger partial charge in [-0.05, 0) is 18.1 Å². The highest BCUT2D eigenvalue weighted by molar-refractivity contribution is 6.31. The van der Waals surface area contributed by atoms with Gasteiger partial charge in [0.1, 0.15) is 6.04 Å². The molecule has 1 unspecified atom stereocenters. The minimum Gasteiger partial charge on any atom is -0.480 e. The van der Waals surface area contributed by atoms with Gasteiger partial charge in [0.05, 0.1) is 0 Å². The van der Waals surface area contributed by atoms with Crippen LogP contribution in [0.15, 0.2) is 6.07 Å². The lowest BCUT2D eigenvalue weighted by Gasteiger charge is -2.13. The predicted molar refractivity (Wildman–Crippen MR) is 61.6 cm³/mol. The molecule has 92 valence electrons. The fourth-order valence-electron chi connectivity index (χ4n) is 1.77. The van der Waals surface area contributed by atoms with Crippen LogP contribution < -0.4 is 15.2 Å². The quantitative estimate of drug-likeness (QED) is 0.854. The highest BCUT2D eigenvalue weighted by Crippen LogP contribution is 2.41. The van der Waals surface area contributed by atoms with Crippen molar-refractivity contribution in [2.24, 2.45) is 5.73 Å². The van der Waals surface area contributed by atoms with Gasteiger partial charge in [0, 0.05) is 17.5 Å². The Labute approximate surface area is 103 Å². The van der Waals surface area contributed by atoms with Crippen LogP contribution >= 0.6 is 11.6 Å². The maximum absolute atomic E-state index is 10.7. The number of carboxylic acid groups (broad SMARTS) is 1. The molecule has 1 aromatic rings. The fourth-order valence-corrected chi connectivity index (χ4v) is 2.08. The van der Waals surface area contributed by atoms with Crippen LogP contribution in [0.3, 0.4) is 0 Å². The van der Waals surface area contributed by atoms with Crippen LogP contribution in [0.1, 0.15) is 11.1 Å². The Morgan fingerprint density at radius 3 is 3.00 bits per heavy atom. The van der Waals surface area contributed by atoms with Crippen molar-refractivity contribution in [2.45, 2.75) is 19.4 Å².